The first kappa shape index (κ1) is 12.0. The number of imidazole rings is 1. The van der Waals surface area contributed by atoms with Crippen molar-refractivity contribution in [2.45, 2.75) is 25.6 Å². The molecule has 3 rings (SSSR count). The van der Waals surface area contributed by atoms with Crippen LogP contribution in [0.5, 0.6) is 0 Å². The second-order valence-electron chi connectivity index (χ2n) is 4.79. The van der Waals surface area contributed by atoms with E-state index in [1.807, 2.05) is 6.07 Å². The van der Waals surface area contributed by atoms with Gasteiger partial charge >= 0.3 is 0 Å². The molecule has 0 saturated carbocycles. The molecule has 1 aliphatic heterocycles. The molecular formula is C13H16N4O2. The number of hydrogen-bond acceptors (Lipinski definition) is 4. The number of nitrogens with one attached hydrogen (secondary N) is 2. The van der Waals surface area contributed by atoms with Gasteiger partial charge in [0.15, 0.2) is 0 Å². The van der Waals surface area contributed by atoms with Crippen LogP contribution in [0.15, 0.2) is 29.3 Å². The van der Waals surface area contributed by atoms with Gasteiger partial charge < -0.3 is 14.3 Å². The summed E-state index contributed by atoms with van der Waals surface area (Å²) in [7, 11) is 1.80. The zero-order valence-corrected chi connectivity index (χ0v) is 10.7. The molecule has 0 radical (unpaired) electrons. The summed E-state index contributed by atoms with van der Waals surface area (Å²) in [4.78, 5) is 21.4. The van der Waals surface area contributed by atoms with Gasteiger partial charge in [0, 0.05) is 32.1 Å². The van der Waals surface area contributed by atoms with E-state index in [2.05, 4.69) is 15.3 Å². The van der Waals surface area contributed by atoms with Crippen molar-refractivity contribution in [3.8, 4) is 0 Å². The first-order valence-electron chi connectivity index (χ1n) is 6.24. The highest BCUT2D eigenvalue weighted by Crippen LogP contribution is 2.14. The first-order valence-corrected chi connectivity index (χ1v) is 6.24. The van der Waals surface area contributed by atoms with Crippen molar-refractivity contribution in [3.05, 3.63) is 41.9 Å². The standard InChI is InChI=1S/C13H16N4O2/c1-17(6-9-2-3-19-7-9)13(18)11-4-10-12(5-14-11)16-8-15-10/h2-3,7-8,11,14H,4-6H2,1H3,(H,15,16). The maximum absolute atomic E-state index is 12.4. The molecular weight excluding hydrogens is 244 g/mol. The first-order chi connectivity index (χ1) is 9.24. The van der Waals surface area contributed by atoms with Crippen LogP contribution >= 0.6 is 0 Å². The van der Waals surface area contributed by atoms with Crippen LogP contribution in [0.2, 0.25) is 0 Å². The van der Waals surface area contributed by atoms with Crippen molar-refractivity contribution in [2.24, 2.45) is 0 Å². The van der Waals surface area contributed by atoms with Gasteiger partial charge in [0.2, 0.25) is 5.91 Å². The molecule has 3 heterocycles. The fraction of sp³-hybridized carbons (Fsp3) is 0.385. The third-order valence-corrected chi connectivity index (χ3v) is 3.40. The lowest BCUT2D eigenvalue weighted by atomic mass is 10.0. The third kappa shape index (κ3) is 2.39. The van der Waals surface area contributed by atoms with E-state index in [9.17, 15) is 4.79 Å². The maximum Gasteiger partial charge on any atom is 0.240 e. The Hall–Kier alpha value is -2.08. The minimum atomic E-state index is -0.201. The Kier molecular flexibility index (Phi) is 3.08. The molecule has 0 saturated heterocycles. The van der Waals surface area contributed by atoms with Gasteiger partial charge in [-0.2, -0.15) is 0 Å². The van der Waals surface area contributed by atoms with Crippen molar-refractivity contribution in [1.82, 2.24) is 20.2 Å². The van der Waals surface area contributed by atoms with Crippen molar-refractivity contribution in [3.63, 3.8) is 0 Å². The summed E-state index contributed by atoms with van der Waals surface area (Å²) in [6.45, 7) is 1.21. The number of amides is 1. The minimum absolute atomic E-state index is 0.0786. The van der Waals surface area contributed by atoms with Crippen LogP contribution in [0.3, 0.4) is 0 Å². The van der Waals surface area contributed by atoms with Gasteiger partial charge in [-0.05, 0) is 6.07 Å². The van der Waals surface area contributed by atoms with Gasteiger partial charge in [-0.25, -0.2) is 4.98 Å². The number of carbonyl (C=O) groups excluding carboxylic acids is 1. The van der Waals surface area contributed by atoms with E-state index < -0.39 is 0 Å². The monoisotopic (exact) mass is 260 g/mol. The van der Waals surface area contributed by atoms with Crippen LogP contribution in [-0.2, 0) is 24.3 Å². The summed E-state index contributed by atoms with van der Waals surface area (Å²) in [6.07, 6.45) is 5.58. The van der Waals surface area contributed by atoms with Gasteiger partial charge in [-0.15, -0.1) is 0 Å². The Morgan fingerprint density at radius 3 is 3.32 bits per heavy atom. The van der Waals surface area contributed by atoms with E-state index in [1.54, 1.807) is 30.8 Å². The van der Waals surface area contributed by atoms with Gasteiger partial charge in [-0.1, -0.05) is 0 Å². The average molecular weight is 260 g/mol. The number of nitrogens with zero attached hydrogens (tertiary/aromatic N) is 2. The zero-order valence-electron chi connectivity index (χ0n) is 10.7. The van der Waals surface area contributed by atoms with Gasteiger partial charge in [-0.3, -0.25) is 10.1 Å². The SMILES string of the molecule is CN(Cc1ccoc1)C(=O)C1Cc2nc[nH]c2CN1. The Bertz CT molecular complexity index is 561. The molecule has 2 aromatic heterocycles. The molecule has 1 amide bonds. The number of H-pyrrole nitrogens is 1. The van der Waals surface area contributed by atoms with Crippen LogP contribution < -0.4 is 5.32 Å². The number of carbonyl (C=O) groups is 1. The molecule has 0 aliphatic carbocycles. The van der Waals surface area contributed by atoms with E-state index in [1.165, 1.54) is 0 Å². The molecule has 0 aromatic carbocycles. The van der Waals surface area contributed by atoms with Gasteiger partial charge in [0.25, 0.3) is 0 Å². The Labute approximate surface area is 110 Å². The van der Waals surface area contributed by atoms with E-state index >= 15 is 0 Å². The highest BCUT2D eigenvalue weighted by atomic mass is 16.3. The van der Waals surface area contributed by atoms with Gasteiger partial charge in [0.1, 0.15) is 0 Å². The number of fused-ring (bicyclic) bond motifs is 1. The lowest BCUT2D eigenvalue weighted by molar-refractivity contribution is -0.132. The largest absolute Gasteiger partial charge is 0.472 e. The van der Waals surface area contributed by atoms with E-state index in [0.29, 0.717) is 19.5 Å². The quantitative estimate of drug-likeness (QED) is 0.851. The summed E-state index contributed by atoms with van der Waals surface area (Å²) >= 11 is 0. The molecule has 0 fully saturated rings. The zero-order chi connectivity index (χ0) is 13.2. The van der Waals surface area contributed by atoms with Gasteiger partial charge in [0.05, 0.1) is 36.3 Å². The summed E-state index contributed by atoms with van der Waals surface area (Å²) in [5.41, 5.74) is 3.04. The van der Waals surface area contributed by atoms with Crippen molar-refractivity contribution in [1.29, 1.82) is 0 Å². The summed E-state index contributed by atoms with van der Waals surface area (Å²) in [6, 6.07) is 1.66. The number of rotatable bonds is 3. The number of hydrogen-bond donors (Lipinski definition) is 2. The van der Waals surface area contributed by atoms with Crippen LogP contribution in [0.25, 0.3) is 0 Å². The Morgan fingerprint density at radius 1 is 1.63 bits per heavy atom. The molecule has 100 valence electrons. The highest BCUT2D eigenvalue weighted by Gasteiger charge is 2.27. The number of aromatic nitrogens is 2. The predicted octanol–water partition coefficient (Wildman–Crippen LogP) is 0.676. The molecule has 1 atom stereocenters. The molecule has 1 aliphatic rings. The summed E-state index contributed by atoms with van der Waals surface area (Å²) in [5.74, 6) is 0.0786. The predicted molar refractivity (Wildman–Crippen MR) is 68.1 cm³/mol. The average Bonchev–Trinajstić information content (AvgIpc) is 3.07. The minimum Gasteiger partial charge on any atom is -0.472 e. The van der Waals surface area contributed by atoms with Crippen LogP contribution in [-0.4, -0.2) is 33.9 Å². The van der Waals surface area contributed by atoms with E-state index in [-0.39, 0.29) is 11.9 Å². The molecule has 6 nitrogen and oxygen atoms in total. The number of likely N-dealkylation sites (N-methyl/N-ethyl adjacent to an activating group) is 1. The maximum atomic E-state index is 12.4. The molecule has 6 heteroatoms. The van der Waals surface area contributed by atoms with Crippen molar-refractivity contribution in [2.75, 3.05) is 7.05 Å². The molecule has 0 bridgehead atoms. The molecule has 2 aromatic rings. The number of aromatic amines is 1. The second kappa shape index (κ2) is 4.89. The molecule has 0 spiro atoms. The fourth-order valence-corrected chi connectivity index (χ4v) is 2.34. The fourth-order valence-electron chi connectivity index (χ4n) is 2.34. The Balaban J connectivity index is 1.65. The normalized spacial score (nSPS) is 18.1. The highest BCUT2D eigenvalue weighted by molar-refractivity contribution is 5.82. The van der Waals surface area contributed by atoms with Crippen LogP contribution in [0.4, 0.5) is 0 Å². The molecule has 19 heavy (non-hydrogen) atoms. The number of furan rings is 1. The summed E-state index contributed by atoms with van der Waals surface area (Å²) < 4.78 is 5.01. The smallest absolute Gasteiger partial charge is 0.240 e. The topological polar surface area (TPSA) is 74.2 Å². The lowest BCUT2D eigenvalue weighted by Crippen LogP contribution is -2.48. The van der Waals surface area contributed by atoms with Crippen LogP contribution in [0, 0.1) is 0 Å². The molecule has 2 N–H and O–H groups in total. The van der Waals surface area contributed by atoms with E-state index in [4.69, 9.17) is 4.42 Å². The molecule has 1 unspecified atom stereocenters. The Morgan fingerprint density at radius 2 is 2.53 bits per heavy atom. The third-order valence-electron chi connectivity index (χ3n) is 3.40. The second-order valence-corrected chi connectivity index (χ2v) is 4.79. The summed E-state index contributed by atoms with van der Waals surface area (Å²) in [5, 5.41) is 3.24. The van der Waals surface area contributed by atoms with Crippen molar-refractivity contribution < 1.29 is 9.21 Å². The van der Waals surface area contributed by atoms with Crippen LogP contribution in [0.1, 0.15) is 17.0 Å². The lowest BCUT2D eigenvalue weighted by Gasteiger charge is -2.26. The van der Waals surface area contributed by atoms with Crippen molar-refractivity contribution >= 4 is 5.91 Å². The van der Waals surface area contributed by atoms with E-state index in [0.717, 1.165) is 17.0 Å².